The van der Waals surface area contributed by atoms with E-state index < -0.39 is 10.2 Å². The van der Waals surface area contributed by atoms with Crippen LogP contribution >= 0.6 is 0 Å². The maximum absolute atomic E-state index is 12.4. The molecule has 0 unspecified atom stereocenters. The molecule has 0 aliphatic rings. The minimum atomic E-state index is -3.46. The van der Waals surface area contributed by atoms with E-state index >= 15 is 0 Å². The molecule has 1 N–H and O–H groups in total. The molecule has 0 spiro atoms. The quantitative estimate of drug-likeness (QED) is 0.551. The van der Waals surface area contributed by atoms with Crippen molar-refractivity contribution in [3.63, 3.8) is 0 Å². The molecule has 0 aliphatic heterocycles. The first-order chi connectivity index (χ1) is 11.5. The Morgan fingerprint density at radius 2 is 1.62 bits per heavy atom. The van der Waals surface area contributed by atoms with Crippen molar-refractivity contribution in [2.75, 3.05) is 33.4 Å². The lowest BCUT2D eigenvalue weighted by Gasteiger charge is -2.22. The van der Waals surface area contributed by atoms with Crippen LogP contribution in [0.2, 0.25) is 0 Å². The van der Waals surface area contributed by atoms with E-state index in [-0.39, 0.29) is 13.2 Å². The van der Waals surface area contributed by atoms with Gasteiger partial charge in [-0.25, -0.2) is 0 Å². The van der Waals surface area contributed by atoms with Crippen LogP contribution in [0, 0.1) is 0 Å². The van der Waals surface area contributed by atoms with Crippen LogP contribution in [0.4, 0.5) is 0 Å². The Labute approximate surface area is 146 Å². The van der Waals surface area contributed by atoms with Gasteiger partial charge in [0.1, 0.15) is 6.61 Å². The third-order valence-electron chi connectivity index (χ3n) is 3.58. The summed E-state index contributed by atoms with van der Waals surface area (Å²) in [6.07, 6.45) is 3.66. The topological polar surface area (TPSA) is 67.9 Å². The van der Waals surface area contributed by atoms with Gasteiger partial charge in [-0.3, -0.25) is 0 Å². The summed E-state index contributed by atoms with van der Waals surface area (Å²) < 4.78 is 39.8. The zero-order chi connectivity index (χ0) is 17.8. The molecule has 24 heavy (non-hydrogen) atoms. The van der Waals surface area contributed by atoms with Crippen LogP contribution in [0.25, 0.3) is 0 Å². The smallest absolute Gasteiger partial charge is 0.279 e. The lowest BCUT2D eigenvalue weighted by atomic mass is 10.3. The first-order valence-corrected chi connectivity index (χ1v) is 9.99. The van der Waals surface area contributed by atoms with E-state index in [1.165, 1.54) is 4.31 Å². The number of para-hydroxylation sites is 2. The zero-order valence-corrected chi connectivity index (χ0v) is 15.8. The highest BCUT2D eigenvalue weighted by Crippen LogP contribution is 2.25. The standard InChI is InChI=1S/C17H30N2O4S/c1-4-6-13-19(14-7-5-2)24(20,21)18-12-15-23-17-11-9-8-10-16(17)22-3/h8-11,18H,4-7,12-15H2,1-3H3. The summed E-state index contributed by atoms with van der Waals surface area (Å²) in [5.74, 6) is 1.24. The number of unbranched alkanes of at least 4 members (excludes halogenated alkanes) is 2. The second kappa shape index (κ2) is 11.3. The van der Waals surface area contributed by atoms with E-state index in [0.717, 1.165) is 25.7 Å². The number of benzene rings is 1. The third kappa shape index (κ3) is 7.07. The minimum Gasteiger partial charge on any atom is -0.493 e. The molecule has 0 atom stereocenters. The number of methoxy groups -OCH3 is 1. The van der Waals surface area contributed by atoms with Crippen molar-refractivity contribution in [2.45, 2.75) is 39.5 Å². The van der Waals surface area contributed by atoms with Crippen LogP contribution in [0.1, 0.15) is 39.5 Å². The molecule has 0 aromatic heterocycles. The molecule has 0 aliphatic carbocycles. The summed E-state index contributed by atoms with van der Waals surface area (Å²) in [6.45, 7) is 5.68. The van der Waals surface area contributed by atoms with Crippen LogP contribution in [0.5, 0.6) is 11.5 Å². The van der Waals surface area contributed by atoms with Gasteiger partial charge in [-0.05, 0) is 25.0 Å². The molecule has 0 saturated carbocycles. The highest BCUT2D eigenvalue weighted by Gasteiger charge is 2.20. The summed E-state index contributed by atoms with van der Waals surface area (Å²) in [5.41, 5.74) is 0. The van der Waals surface area contributed by atoms with Gasteiger partial charge >= 0.3 is 0 Å². The van der Waals surface area contributed by atoms with Gasteiger partial charge < -0.3 is 9.47 Å². The Balaban J connectivity index is 2.50. The number of nitrogens with zero attached hydrogens (tertiary/aromatic N) is 1. The second-order valence-electron chi connectivity index (χ2n) is 5.50. The summed E-state index contributed by atoms with van der Waals surface area (Å²) in [6, 6.07) is 7.30. The Hall–Kier alpha value is -1.31. The maximum Gasteiger partial charge on any atom is 0.279 e. The van der Waals surface area contributed by atoms with Crippen molar-refractivity contribution < 1.29 is 17.9 Å². The van der Waals surface area contributed by atoms with Crippen molar-refractivity contribution in [1.29, 1.82) is 0 Å². The number of hydrogen-bond donors (Lipinski definition) is 1. The van der Waals surface area contributed by atoms with E-state index in [1.807, 2.05) is 12.1 Å². The molecule has 1 aromatic carbocycles. The molecular formula is C17H30N2O4S. The van der Waals surface area contributed by atoms with Gasteiger partial charge in [0.15, 0.2) is 11.5 Å². The van der Waals surface area contributed by atoms with Crippen molar-refractivity contribution in [3.05, 3.63) is 24.3 Å². The summed E-state index contributed by atoms with van der Waals surface area (Å²) in [4.78, 5) is 0. The van der Waals surface area contributed by atoms with Gasteiger partial charge in [-0.2, -0.15) is 17.4 Å². The third-order valence-corrected chi connectivity index (χ3v) is 5.19. The summed E-state index contributed by atoms with van der Waals surface area (Å²) in [7, 11) is -1.89. The summed E-state index contributed by atoms with van der Waals surface area (Å²) in [5, 5.41) is 0. The van der Waals surface area contributed by atoms with Gasteiger partial charge in [0, 0.05) is 19.6 Å². The van der Waals surface area contributed by atoms with Gasteiger partial charge in [-0.15, -0.1) is 0 Å². The fourth-order valence-electron chi connectivity index (χ4n) is 2.18. The monoisotopic (exact) mass is 358 g/mol. The van der Waals surface area contributed by atoms with Crippen molar-refractivity contribution in [3.8, 4) is 11.5 Å². The molecule has 1 rings (SSSR count). The van der Waals surface area contributed by atoms with E-state index in [4.69, 9.17) is 9.47 Å². The molecule has 0 amide bonds. The van der Waals surface area contributed by atoms with Crippen LogP contribution in [0.3, 0.4) is 0 Å². The fraction of sp³-hybridized carbons (Fsp3) is 0.647. The molecule has 138 valence electrons. The first kappa shape index (κ1) is 20.7. The SMILES string of the molecule is CCCCN(CCCC)S(=O)(=O)NCCOc1ccccc1OC. The van der Waals surface area contributed by atoms with Crippen molar-refractivity contribution in [2.24, 2.45) is 0 Å². The average Bonchev–Trinajstić information content (AvgIpc) is 2.59. The number of nitrogens with one attached hydrogen (secondary N) is 1. The molecule has 0 bridgehead atoms. The van der Waals surface area contributed by atoms with E-state index in [2.05, 4.69) is 18.6 Å². The van der Waals surface area contributed by atoms with Crippen LogP contribution in [0.15, 0.2) is 24.3 Å². The highest BCUT2D eigenvalue weighted by molar-refractivity contribution is 7.87. The molecule has 7 heteroatoms. The van der Waals surface area contributed by atoms with Gasteiger partial charge in [0.05, 0.1) is 7.11 Å². The summed E-state index contributed by atoms with van der Waals surface area (Å²) >= 11 is 0. The highest BCUT2D eigenvalue weighted by atomic mass is 32.2. The Kier molecular flexibility index (Phi) is 9.75. The average molecular weight is 359 g/mol. The minimum absolute atomic E-state index is 0.217. The van der Waals surface area contributed by atoms with Gasteiger partial charge in [0.25, 0.3) is 10.2 Å². The predicted molar refractivity (Wildman–Crippen MR) is 96.8 cm³/mol. The number of rotatable bonds is 13. The lowest BCUT2D eigenvalue weighted by molar-refractivity contribution is 0.296. The van der Waals surface area contributed by atoms with Crippen LogP contribution in [-0.4, -0.2) is 46.1 Å². The number of ether oxygens (including phenoxy) is 2. The Morgan fingerprint density at radius 1 is 1.04 bits per heavy atom. The number of hydrogen-bond acceptors (Lipinski definition) is 4. The van der Waals surface area contributed by atoms with E-state index in [0.29, 0.717) is 24.6 Å². The van der Waals surface area contributed by atoms with Crippen molar-refractivity contribution >= 4 is 10.2 Å². The van der Waals surface area contributed by atoms with Gasteiger partial charge in [0.2, 0.25) is 0 Å². The van der Waals surface area contributed by atoms with Crippen molar-refractivity contribution in [1.82, 2.24) is 9.03 Å². The molecule has 0 saturated heterocycles. The normalized spacial score (nSPS) is 11.7. The maximum atomic E-state index is 12.4. The largest absolute Gasteiger partial charge is 0.493 e. The lowest BCUT2D eigenvalue weighted by Crippen LogP contribution is -2.43. The Bertz CT molecular complexity index is 555. The van der Waals surface area contributed by atoms with Gasteiger partial charge in [-0.1, -0.05) is 38.8 Å². The molecule has 0 radical (unpaired) electrons. The fourth-order valence-corrected chi connectivity index (χ4v) is 3.44. The molecule has 0 fully saturated rings. The molecular weight excluding hydrogens is 328 g/mol. The van der Waals surface area contributed by atoms with E-state index in [1.54, 1.807) is 19.2 Å². The van der Waals surface area contributed by atoms with Crippen LogP contribution in [-0.2, 0) is 10.2 Å². The predicted octanol–water partition coefficient (Wildman–Crippen LogP) is 2.81. The first-order valence-electron chi connectivity index (χ1n) is 8.55. The van der Waals surface area contributed by atoms with Crippen LogP contribution < -0.4 is 14.2 Å². The second-order valence-corrected chi connectivity index (χ2v) is 7.26. The molecule has 1 aromatic rings. The van der Waals surface area contributed by atoms with E-state index in [9.17, 15) is 8.42 Å². The zero-order valence-electron chi connectivity index (χ0n) is 15.0. The Morgan fingerprint density at radius 3 is 2.17 bits per heavy atom. The molecule has 0 heterocycles. The molecule has 6 nitrogen and oxygen atoms in total.